The van der Waals surface area contributed by atoms with Crippen LogP contribution in [0.5, 0.6) is 0 Å². The molecule has 2 aromatic rings. The summed E-state index contributed by atoms with van der Waals surface area (Å²) in [6.45, 7) is 0. The first-order valence-corrected chi connectivity index (χ1v) is 13.8. The van der Waals surface area contributed by atoms with Crippen LogP contribution >= 0.6 is 12.6 Å². The third-order valence-electron chi connectivity index (χ3n) is 7.13. The number of carboxylic acids is 1. The number of amides is 2. The van der Waals surface area contributed by atoms with Gasteiger partial charge in [-0.3, -0.25) is 9.59 Å². The maximum atomic E-state index is 14.3. The van der Waals surface area contributed by atoms with Crippen LogP contribution in [-0.4, -0.2) is 74.2 Å². The van der Waals surface area contributed by atoms with Gasteiger partial charge in [-0.1, -0.05) is 73.5 Å². The highest BCUT2D eigenvalue weighted by Crippen LogP contribution is 2.32. The maximum absolute atomic E-state index is 14.3. The summed E-state index contributed by atoms with van der Waals surface area (Å²) in [5, 5.41) is 22.0. The van der Waals surface area contributed by atoms with Crippen LogP contribution in [-0.2, 0) is 36.8 Å². The Morgan fingerprint density at radius 1 is 0.925 bits per heavy atom. The lowest BCUT2D eigenvalue weighted by molar-refractivity contribution is -0.190. The number of hydrogen-bond donors (Lipinski definition) is 4. The van der Waals surface area contributed by atoms with E-state index in [0.29, 0.717) is 36.8 Å². The fourth-order valence-corrected chi connectivity index (χ4v) is 5.14. The molecular formula is C29H37N3O7S. The summed E-state index contributed by atoms with van der Waals surface area (Å²) in [7, 11) is 1.16. The molecule has 11 heteroatoms. The first-order chi connectivity index (χ1) is 19.1. The van der Waals surface area contributed by atoms with E-state index in [1.165, 1.54) is 0 Å². The molecule has 0 saturated heterocycles. The Balaban J connectivity index is 2.20. The fourth-order valence-electron chi connectivity index (χ4n) is 5.01. The number of hydrogen-bond acceptors (Lipinski definition) is 8. The molecule has 40 heavy (non-hydrogen) atoms. The van der Waals surface area contributed by atoms with E-state index in [1.807, 2.05) is 0 Å². The number of carbonyl (C=O) groups excluding carboxylic acids is 3. The van der Waals surface area contributed by atoms with E-state index < -0.39 is 46.8 Å². The van der Waals surface area contributed by atoms with Crippen LogP contribution < -0.4 is 5.73 Å². The standard InChI is InChI=1S/C29H37N3O7S/c1-39-27(37)23(19-21-12-6-3-7-13-21)31(24(33)14-15-25(34)40)32(28(38)29(30)16-8-9-17-29)22(26(35)36)18-20-10-4-2-5-11-20/h2-7,10-13,22-23,25,34,40H,8-9,14-19,30H2,1H3,(H,35,36)/t22?,23-,25?/m0/s1. The first-order valence-electron chi connectivity index (χ1n) is 13.3. The van der Waals surface area contributed by atoms with Crippen molar-refractivity contribution in [3.8, 4) is 0 Å². The summed E-state index contributed by atoms with van der Waals surface area (Å²) in [4.78, 5) is 54.3. The number of nitrogens with zero attached hydrogens (tertiary/aromatic N) is 2. The van der Waals surface area contributed by atoms with Crippen LogP contribution in [0.25, 0.3) is 0 Å². The molecule has 1 aliphatic rings. The Morgan fingerprint density at radius 3 is 1.88 bits per heavy atom. The topological polar surface area (TPSA) is 150 Å². The van der Waals surface area contributed by atoms with Crippen molar-refractivity contribution < 1.29 is 34.1 Å². The second-order valence-electron chi connectivity index (χ2n) is 10.0. The number of rotatable bonds is 12. The second-order valence-corrected chi connectivity index (χ2v) is 10.6. The van der Waals surface area contributed by atoms with Crippen LogP contribution in [0.4, 0.5) is 0 Å². The lowest BCUT2D eigenvalue weighted by Gasteiger charge is -2.45. The van der Waals surface area contributed by atoms with Gasteiger partial charge in [0.2, 0.25) is 5.91 Å². The van der Waals surface area contributed by atoms with Crippen LogP contribution in [0, 0.1) is 0 Å². The molecule has 0 heterocycles. The van der Waals surface area contributed by atoms with Gasteiger partial charge in [-0.25, -0.2) is 19.6 Å². The lowest BCUT2D eigenvalue weighted by atomic mass is 9.95. The average Bonchev–Trinajstić information content (AvgIpc) is 3.40. The molecular weight excluding hydrogens is 534 g/mol. The number of aliphatic carboxylic acids is 1. The molecule has 3 atom stereocenters. The number of aliphatic hydroxyl groups excluding tert-OH is 1. The van der Waals surface area contributed by atoms with Gasteiger partial charge in [-0.05, 0) is 30.4 Å². The number of carbonyl (C=O) groups is 4. The zero-order valence-electron chi connectivity index (χ0n) is 22.5. The van der Waals surface area contributed by atoms with Gasteiger partial charge in [0.15, 0.2) is 12.1 Å². The van der Waals surface area contributed by atoms with E-state index >= 15 is 0 Å². The minimum Gasteiger partial charge on any atom is -0.480 e. The van der Waals surface area contributed by atoms with Crippen LogP contribution in [0.2, 0.25) is 0 Å². The molecule has 0 aliphatic heterocycles. The van der Waals surface area contributed by atoms with Gasteiger partial charge in [-0.2, -0.15) is 0 Å². The Morgan fingerprint density at radius 2 is 1.43 bits per heavy atom. The van der Waals surface area contributed by atoms with E-state index in [9.17, 15) is 29.4 Å². The summed E-state index contributed by atoms with van der Waals surface area (Å²) < 4.78 is 5.07. The summed E-state index contributed by atoms with van der Waals surface area (Å²) >= 11 is 3.95. The van der Waals surface area contributed by atoms with Crippen molar-refractivity contribution in [2.45, 2.75) is 74.4 Å². The Hall–Kier alpha value is -3.41. The third kappa shape index (κ3) is 7.83. The van der Waals surface area contributed by atoms with Gasteiger partial charge in [-0.15, -0.1) is 12.6 Å². The smallest absolute Gasteiger partial charge is 0.331 e. The van der Waals surface area contributed by atoms with Gasteiger partial charge in [0.25, 0.3) is 5.91 Å². The predicted molar refractivity (Wildman–Crippen MR) is 151 cm³/mol. The van der Waals surface area contributed by atoms with E-state index in [1.54, 1.807) is 60.7 Å². The number of nitrogens with two attached hydrogens (primary N) is 1. The molecule has 2 aromatic carbocycles. The van der Waals surface area contributed by atoms with Crippen molar-refractivity contribution in [3.05, 3.63) is 71.8 Å². The van der Waals surface area contributed by atoms with Crippen LogP contribution in [0.1, 0.15) is 49.7 Å². The zero-order chi connectivity index (χ0) is 29.3. The van der Waals surface area contributed by atoms with Crippen molar-refractivity contribution in [1.29, 1.82) is 0 Å². The number of carboxylic acid groups (broad SMARTS) is 1. The third-order valence-corrected chi connectivity index (χ3v) is 7.38. The SMILES string of the molecule is COC(=O)[C@H](Cc1ccccc1)N(C(=O)CCC(O)S)N(C(=O)C1(N)CCCC1)C(Cc1ccccc1)C(=O)O. The molecule has 0 bridgehead atoms. The quantitative estimate of drug-likeness (QED) is 0.131. The first kappa shape index (κ1) is 31.1. The summed E-state index contributed by atoms with van der Waals surface area (Å²) in [6, 6.07) is 14.6. The Bertz CT molecular complexity index is 1160. The number of methoxy groups -OCH3 is 1. The van der Waals surface area contributed by atoms with Gasteiger partial charge < -0.3 is 20.7 Å². The molecule has 2 amide bonds. The highest BCUT2D eigenvalue weighted by atomic mass is 32.1. The maximum Gasteiger partial charge on any atom is 0.331 e. The van der Waals surface area contributed by atoms with Gasteiger partial charge in [0.05, 0.1) is 18.1 Å². The second kappa shape index (κ2) is 14.3. The Kier molecular flexibility index (Phi) is 11.1. The molecule has 0 aromatic heterocycles. The van der Waals surface area contributed by atoms with Crippen molar-refractivity contribution in [1.82, 2.24) is 10.0 Å². The summed E-state index contributed by atoms with van der Waals surface area (Å²) in [5.41, 5.74) is 5.28. The largest absolute Gasteiger partial charge is 0.480 e. The van der Waals surface area contributed by atoms with Crippen molar-refractivity contribution >= 4 is 36.4 Å². The number of hydrazine groups is 1. The summed E-state index contributed by atoms with van der Waals surface area (Å²) in [6.07, 6.45) is 1.33. The van der Waals surface area contributed by atoms with Crippen molar-refractivity contribution in [3.63, 3.8) is 0 Å². The molecule has 2 unspecified atom stereocenters. The summed E-state index contributed by atoms with van der Waals surface area (Å²) in [5.74, 6) is -3.69. The number of thiol groups is 1. The van der Waals surface area contributed by atoms with E-state index in [4.69, 9.17) is 10.5 Å². The van der Waals surface area contributed by atoms with E-state index in [2.05, 4.69) is 12.6 Å². The van der Waals surface area contributed by atoms with Crippen molar-refractivity contribution in [2.75, 3.05) is 7.11 Å². The molecule has 1 aliphatic carbocycles. The minimum atomic E-state index is -1.57. The predicted octanol–water partition coefficient (Wildman–Crippen LogP) is 2.34. The average molecular weight is 572 g/mol. The zero-order valence-corrected chi connectivity index (χ0v) is 23.4. The van der Waals surface area contributed by atoms with E-state index in [0.717, 1.165) is 17.1 Å². The van der Waals surface area contributed by atoms with Crippen LogP contribution in [0.3, 0.4) is 0 Å². The lowest BCUT2D eigenvalue weighted by Crippen LogP contribution is -2.68. The van der Waals surface area contributed by atoms with Gasteiger partial charge in [0.1, 0.15) is 0 Å². The molecule has 10 nitrogen and oxygen atoms in total. The molecule has 1 fully saturated rings. The molecule has 3 rings (SSSR count). The minimum absolute atomic E-state index is 0.0539. The monoisotopic (exact) mass is 571 g/mol. The molecule has 0 spiro atoms. The molecule has 1 saturated carbocycles. The number of benzene rings is 2. The normalized spacial score (nSPS) is 16.4. The number of ether oxygens (including phenoxy) is 1. The van der Waals surface area contributed by atoms with E-state index in [-0.39, 0.29) is 25.7 Å². The molecule has 216 valence electrons. The number of esters is 1. The highest BCUT2D eigenvalue weighted by Gasteiger charge is 2.49. The van der Waals surface area contributed by atoms with Gasteiger partial charge in [0, 0.05) is 19.3 Å². The Labute approximate surface area is 239 Å². The molecule has 4 N–H and O–H groups in total. The fraction of sp³-hybridized carbons (Fsp3) is 0.448. The van der Waals surface area contributed by atoms with Crippen LogP contribution in [0.15, 0.2) is 60.7 Å². The van der Waals surface area contributed by atoms with Gasteiger partial charge >= 0.3 is 11.9 Å². The highest BCUT2D eigenvalue weighted by molar-refractivity contribution is 7.80. The molecule has 0 radical (unpaired) electrons. The van der Waals surface area contributed by atoms with Crippen molar-refractivity contribution in [2.24, 2.45) is 5.73 Å². The number of aliphatic hydroxyl groups is 1.